The molecule has 0 aliphatic heterocycles. The molecule has 1 unspecified atom stereocenters. The van der Waals surface area contributed by atoms with E-state index >= 15 is 0 Å². The molecule has 2 nitrogen and oxygen atoms in total. The summed E-state index contributed by atoms with van der Waals surface area (Å²) < 4.78 is 2.40. The van der Waals surface area contributed by atoms with Crippen LogP contribution in [-0.4, -0.2) is 4.57 Å². The Balaban J connectivity index is 0.934. The average molecular weight is 691 g/mol. The summed E-state index contributed by atoms with van der Waals surface area (Å²) in [5, 5.41) is 5.14. The molecule has 1 aliphatic rings. The van der Waals surface area contributed by atoms with Crippen LogP contribution in [-0.2, 0) is 0 Å². The van der Waals surface area contributed by atoms with E-state index in [-0.39, 0.29) is 0 Å². The Morgan fingerprint density at radius 1 is 0.444 bits per heavy atom. The zero-order valence-electron chi connectivity index (χ0n) is 29.9. The van der Waals surface area contributed by atoms with E-state index in [1.807, 2.05) is 0 Å². The summed E-state index contributed by atoms with van der Waals surface area (Å²) in [6.07, 6.45) is 7.99. The number of aromatic nitrogens is 1. The van der Waals surface area contributed by atoms with Crippen LogP contribution >= 0.6 is 0 Å². The number of para-hydroxylation sites is 2. The smallest absolute Gasteiger partial charge is 0.0547 e. The summed E-state index contributed by atoms with van der Waals surface area (Å²) in [4.78, 5) is 2.34. The van der Waals surface area contributed by atoms with Crippen LogP contribution in [0.3, 0.4) is 0 Å². The highest BCUT2D eigenvalue weighted by Crippen LogP contribution is 2.39. The molecule has 1 aliphatic carbocycles. The zero-order chi connectivity index (χ0) is 35.8. The Bertz CT molecular complexity index is 2810. The summed E-state index contributed by atoms with van der Waals surface area (Å²) in [6, 6.07) is 70.3. The van der Waals surface area contributed by atoms with Crippen LogP contribution in [0.4, 0.5) is 17.1 Å². The van der Waals surface area contributed by atoms with Crippen LogP contribution in [0.15, 0.2) is 212 Å². The second-order valence-electron chi connectivity index (χ2n) is 14.1. The summed E-state index contributed by atoms with van der Waals surface area (Å²) in [5.74, 6) is 0.372. The van der Waals surface area contributed by atoms with Gasteiger partial charge in [-0.15, -0.1) is 0 Å². The van der Waals surface area contributed by atoms with Gasteiger partial charge in [0.15, 0.2) is 0 Å². The Hall–Kier alpha value is -6.90. The minimum atomic E-state index is 0.372. The molecule has 256 valence electrons. The molecule has 0 amide bonds. The number of nitrogens with zero attached hydrogens (tertiary/aromatic N) is 2. The van der Waals surface area contributed by atoms with Crippen molar-refractivity contribution in [2.75, 3.05) is 4.90 Å². The van der Waals surface area contributed by atoms with E-state index in [1.54, 1.807) is 0 Å². The van der Waals surface area contributed by atoms with Crippen molar-refractivity contribution in [2.45, 2.75) is 12.3 Å². The number of rotatable bonds is 7. The number of benzene rings is 8. The van der Waals surface area contributed by atoms with Crippen molar-refractivity contribution < 1.29 is 0 Å². The molecule has 0 bridgehead atoms. The lowest BCUT2D eigenvalue weighted by Gasteiger charge is -2.26. The SMILES string of the molecule is C1=CC(c2ccc(N(c3ccccc3)c3ccc(-c4ccc(-n5c6ccccc6c6c7ccccc7ccc65)cc4)cc3)cc2)CC=C1c1ccccc1. The number of hydrogen-bond donors (Lipinski definition) is 0. The largest absolute Gasteiger partial charge is 0.311 e. The summed E-state index contributed by atoms with van der Waals surface area (Å²) >= 11 is 0. The summed E-state index contributed by atoms with van der Waals surface area (Å²) in [6.45, 7) is 0. The maximum absolute atomic E-state index is 2.40. The Morgan fingerprint density at radius 2 is 1.04 bits per heavy atom. The first-order chi connectivity index (χ1) is 26.8. The maximum Gasteiger partial charge on any atom is 0.0547 e. The van der Waals surface area contributed by atoms with Gasteiger partial charge in [-0.25, -0.2) is 0 Å². The molecular formula is C52H38N2. The van der Waals surface area contributed by atoms with E-state index in [2.05, 4.69) is 222 Å². The van der Waals surface area contributed by atoms with E-state index in [4.69, 9.17) is 0 Å². The van der Waals surface area contributed by atoms with E-state index in [1.165, 1.54) is 60.4 Å². The lowest BCUT2D eigenvalue weighted by atomic mass is 9.88. The van der Waals surface area contributed by atoms with Crippen LogP contribution in [0, 0.1) is 0 Å². The fourth-order valence-corrected chi connectivity index (χ4v) is 8.23. The van der Waals surface area contributed by atoms with Gasteiger partial charge in [-0.05, 0) is 106 Å². The standard InChI is InChI=1S/C52H38N2/c1-3-11-37(12-4-1)38-19-21-39(22-20-38)40-23-30-45(31-24-40)53(44-14-5-2-6-15-44)46-32-25-41(26-33-46)42-27-34-47(35-28-42)54-50-18-10-9-17-49(50)52-48-16-8-7-13-43(48)29-36-51(52)54/h1-21,23-36,39H,22H2. The van der Waals surface area contributed by atoms with E-state index in [0.29, 0.717) is 5.92 Å². The van der Waals surface area contributed by atoms with Crippen molar-refractivity contribution in [3.63, 3.8) is 0 Å². The first-order valence-electron chi connectivity index (χ1n) is 18.8. The van der Waals surface area contributed by atoms with Crippen LogP contribution in [0.1, 0.15) is 23.5 Å². The van der Waals surface area contributed by atoms with Crippen LogP contribution in [0.5, 0.6) is 0 Å². The molecule has 0 saturated heterocycles. The molecule has 54 heavy (non-hydrogen) atoms. The fraction of sp³-hybridized carbons (Fsp3) is 0.0385. The molecular weight excluding hydrogens is 653 g/mol. The van der Waals surface area contributed by atoms with Gasteiger partial charge in [0.2, 0.25) is 0 Å². The first-order valence-corrected chi connectivity index (χ1v) is 18.8. The van der Waals surface area contributed by atoms with Gasteiger partial charge < -0.3 is 9.47 Å². The monoisotopic (exact) mass is 690 g/mol. The molecule has 1 aromatic heterocycles. The normalized spacial score (nSPS) is 14.1. The van der Waals surface area contributed by atoms with Gasteiger partial charge >= 0.3 is 0 Å². The molecule has 10 rings (SSSR count). The van der Waals surface area contributed by atoms with Crippen LogP contribution < -0.4 is 4.90 Å². The number of fused-ring (bicyclic) bond motifs is 5. The van der Waals surface area contributed by atoms with Crippen molar-refractivity contribution >= 4 is 55.2 Å². The molecule has 8 aromatic carbocycles. The van der Waals surface area contributed by atoms with Gasteiger partial charge in [0, 0.05) is 39.4 Å². The molecule has 0 saturated carbocycles. The predicted octanol–water partition coefficient (Wildman–Crippen LogP) is 14.2. The third-order valence-electron chi connectivity index (χ3n) is 10.9. The number of allylic oxidation sites excluding steroid dienone is 4. The average Bonchev–Trinajstić information content (AvgIpc) is 3.60. The highest BCUT2D eigenvalue weighted by Gasteiger charge is 2.17. The Labute approximate surface area is 316 Å². The van der Waals surface area contributed by atoms with Crippen molar-refractivity contribution in [3.8, 4) is 16.8 Å². The number of anilines is 3. The van der Waals surface area contributed by atoms with Gasteiger partial charge in [0.25, 0.3) is 0 Å². The highest BCUT2D eigenvalue weighted by atomic mass is 15.1. The van der Waals surface area contributed by atoms with E-state index in [0.717, 1.165) is 29.2 Å². The maximum atomic E-state index is 2.40. The van der Waals surface area contributed by atoms with Crippen molar-refractivity contribution in [3.05, 3.63) is 223 Å². The van der Waals surface area contributed by atoms with E-state index < -0.39 is 0 Å². The van der Waals surface area contributed by atoms with Crippen LogP contribution in [0.2, 0.25) is 0 Å². The Morgan fingerprint density at radius 3 is 1.74 bits per heavy atom. The highest BCUT2D eigenvalue weighted by molar-refractivity contribution is 6.21. The topological polar surface area (TPSA) is 8.17 Å². The third-order valence-corrected chi connectivity index (χ3v) is 10.9. The molecule has 2 heteroatoms. The summed E-state index contributed by atoms with van der Waals surface area (Å²) in [5.41, 5.74) is 13.3. The molecule has 9 aromatic rings. The molecule has 0 fully saturated rings. The van der Waals surface area contributed by atoms with Gasteiger partial charge in [-0.3, -0.25) is 0 Å². The zero-order valence-corrected chi connectivity index (χ0v) is 29.9. The first kappa shape index (κ1) is 31.8. The molecule has 0 N–H and O–H groups in total. The minimum Gasteiger partial charge on any atom is -0.311 e. The quantitative estimate of drug-likeness (QED) is 0.162. The van der Waals surface area contributed by atoms with Crippen molar-refractivity contribution in [1.82, 2.24) is 4.57 Å². The van der Waals surface area contributed by atoms with Crippen LogP contribution in [0.25, 0.3) is 55.0 Å². The third kappa shape index (κ3) is 5.70. The van der Waals surface area contributed by atoms with Gasteiger partial charge in [0.1, 0.15) is 0 Å². The van der Waals surface area contributed by atoms with Gasteiger partial charge in [0.05, 0.1) is 11.0 Å². The second kappa shape index (κ2) is 13.6. The lowest BCUT2D eigenvalue weighted by Crippen LogP contribution is -2.10. The van der Waals surface area contributed by atoms with Gasteiger partial charge in [-0.2, -0.15) is 0 Å². The second-order valence-corrected chi connectivity index (χ2v) is 14.1. The number of hydrogen-bond acceptors (Lipinski definition) is 1. The lowest BCUT2D eigenvalue weighted by molar-refractivity contribution is 0.856. The van der Waals surface area contributed by atoms with Crippen molar-refractivity contribution in [2.24, 2.45) is 0 Å². The molecule has 1 atom stereocenters. The van der Waals surface area contributed by atoms with Gasteiger partial charge in [-0.1, -0.05) is 152 Å². The minimum absolute atomic E-state index is 0.372. The fourth-order valence-electron chi connectivity index (χ4n) is 8.23. The summed E-state index contributed by atoms with van der Waals surface area (Å²) in [7, 11) is 0. The van der Waals surface area contributed by atoms with E-state index in [9.17, 15) is 0 Å². The van der Waals surface area contributed by atoms with Crippen molar-refractivity contribution in [1.29, 1.82) is 0 Å². The molecule has 0 radical (unpaired) electrons. The predicted molar refractivity (Wildman–Crippen MR) is 229 cm³/mol. The Kier molecular flexibility index (Phi) is 8.00. The molecule has 1 heterocycles. The molecule has 0 spiro atoms.